The van der Waals surface area contributed by atoms with Crippen LogP contribution in [0.1, 0.15) is 36.5 Å². The number of nitrogens with one attached hydrogen (secondary N) is 1. The van der Waals surface area contributed by atoms with Crippen molar-refractivity contribution in [3.63, 3.8) is 0 Å². The van der Waals surface area contributed by atoms with Gasteiger partial charge in [-0.25, -0.2) is 0 Å². The molecule has 0 amide bonds. The van der Waals surface area contributed by atoms with Crippen LogP contribution in [-0.4, -0.2) is 29.8 Å². The van der Waals surface area contributed by atoms with Crippen molar-refractivity contribution < 1.29 is 14.6 Å². The first-order valence-electron chi connectivity index (χ1n) is 7.60. The molecule has 1 aliphatic carbocycles. The number of hydrogen-bond donors (Lipinski definition) is 2. The Morgan fingerprint density at radius 1 is 1.33 bits per heavy atom. The molecule has 0 spiro atoms. The van der Waals surface area contributed by atoms with E-state index in [9.17, 15) is 9.90 Å². The summed E-state index contributed by atoms with van der Waals surface area (Å²) in [5.74, 6) is 0.175. The molecule has 0 saturated heterocycles. The van der Waals surface area contributed by atoms with Crippen LogP contribution in [0.15, 0.2) is 12.1 Å². The summed E-state index contributed by atoms with van der Waals surface area (Å²) in [4.78, 5) is 11.8. The molecule has 0 aromatic heterocycles. The van der Waals surface area contributed by atoms with Gasteiger partial charge in [-0.2, -0.15) is 0 Å². The highest BCUT2D eigenvalue weighted by Gasteiger charge is 2.51. The van der Waals surface area contributed by atoms with Gasteiger partial charge in [0.2, 0.25) is 0 Å². The Labute approximate surface area is 126 Å². The number of benzene rings is 1. The van der Waals surface area contributed by atoms with Crippen molar-refractivity contribution in [2.24, 2.45) is 5.92 Å². The van der Waals surface area contributed by atoms with Crippen molar-refractivity contribution >= 4 is 5.97 Å². The van der Waals surface area contributed by atoms with E-state index >= 15 is 0 Å². The van der Waals surface area contributed by atoms with Crippen LogP contribution < -0.4 is 10.1 Å². The van der Waals surface area contributed by atoms with E-state index in [0.717, 1.165) is 35.3 Å². The maximum Gasteiger partial charge on any atom is 0.327 e. The van der Waals surface area contributed by atoms with Gasteiger partial charge in [-0.1, -0.05) is 19.1 Å². The fourth-order valence-corrected chi connectivity index (χ4v) is 2.85. The Morgan fingerprint density at radius 3 is 2.48 bits per heavy atom. The van der Waals surface area contributed by atoms with Crippen LogP contribution >= 0.6 is 0 Å². The van der Waals surface area contributed by atoms with E-state index < -0.39 is 11.5 Å². The molecule has 1 unspecified atom stereocenters. The summed E-state index contributed by atoms with van der Waals surface area (Å²) in [6.45, 7) is 8.78. The second-order valence-electron chi connectivity index (χ2n) is 6.02. The number of carboxylic acids is 1. The molecular formula is C17H25NO3. The first-order chi connectivity index (χ1) is 9.92. The average molecular weight is 291 g/mol. The molecule has 1 atom stereocenters. The fraction of sp³-hybridized carbons (Fsp3) is 0.588. The third-order valence-electron chi connectivity index (χ3n) is 4.47. The fourth-order valence-electron chi connectivity index (χ4n) is 2.85. The molecule has 116 valence electrons. The topological polar surface area (TPSA) is 58.6 Å². The Hall–Kier alpha value is -1.55. The van der Waals surface area contributed by atoms with Crippen molar-refractivity contribution in [3.05, 3.63) is 28.8 Å². The van der Waals surface area contributed by atoms with Crippen LogP contribution in [0.3, 0.4) is 0 Å². The minimum atomic E-state index is -0.961. The van der Waals surface area contributed by atoms with Crippen LogP contribution in [0.4, 0.5) is 0 Å². The normalized spacial score (nSPS) is 17.3. The van der Waals surface area contributed by atoms with Gasteiger partial charge in [-0.3, -0.25) is 10.1 Å². The monoisotopic (exact) mass is 291 g/mol. The molecule has 2 N–H and O–H groups in total. The van der Waals surface area contributed by atoms with Gasteiger partial charge in [-0.15, -0.1) is 0 Å². The van der Waals surface area contributed by atoms with E-state index in [4.69, 9.17) is 4.74 Å². The lowest BCUT2D eigenvalue weighted by Gasteiger charge is -2.31. The summed E-state index contributed by atoms with van der Waals surface area (Å²) in [6, 6.07) is 4.08. The van der Waals surface area contributed by atoms with Crippen molar-refractivity contribution in [2.75, 3.05) is 13.2 Å². The molecule has 4 heteroatoms. The number of rotatable bonds is 7. The second kappa shape index (κ2) is 6.06. The van der Waals surface area contributed by atoms with Gasteiger partial charge >= 0.3 is 5.97 Å². The Balaban J connectivity index is 2.23. The summed E-state index contributed by atoms with van der Waals surface area (Å²) >= 11 is 0. The van der Waals surface area contributed by atoms with E-state index in [2.05, 4.69) is 11.4 Å². The molecular weight excluding hydrogens is 266 g/mol. The lowest BCUT2D eigenvalue weighted by atomic mass is 9.94. The second-order valence-corrected chi connectivity index (χ2v) is 6.02. The molecule has 1 aromatic carbocycles. The molecule has 21 heavy (non-hydrogen) atoms. The molecule has 0 radical (unpaired) electrons. The Bertz CT molecular complexity index is 537. The Kier molecular flexibility index (Phi) is 4.57. The summed E-state index contributed by atoms with van der Waals surface area (Å²) in [7, 11) is 0. The highest BCUT2D eigenvalue weighted by Crippen LogP contribution is 2.40. The van der Waals surface area contributed by atoms with E-state index in [-0.39, 0.29) is 12.5 Å². The molecule has 0 heterocycles. The van der Waals surface area contributed by atoms with Crippen molar-refractivity contribution in [1.29, 1.82) is 0 Å². The molecule has 1 saturated carbocycles. The zero-order chi connectivity index (χ0) is 15.6. The number of ether oxygens (including phenoxy) is 1. The van der Waals surface area contributed by atoms with Gasteiger partial charge in [-0.05, 0) is 62.8 Å². The number of carboxylic acid groups (broad SMARTS) is 1. The SMILES string of the molecule is CCNC(COc1c(C)ccc(C)c1C)(C(=O)O)C1CC1. The van der Waals surface area contributed by atoms with Gasteiger partial charge in [0.15, 0.2) is 5.54 Å². The van der Waals surface area contributed by atoms with Gasteiger partial charge in [0.05, 0.1) is 0 Å². The zero-order valence-electron chi connectivity index (χ0n) is 13.3. The smallest absolute Gasteiger partial charge is 0.327 e. The van der Waals surface area contributed by atoms with Crippen LogP contribution in [0.5, 0.6) is 5.75 Å². The number of aryl methyl sites for hydroxylation is 2. The van der Waals surface area contributed by atoms with Gasteiger partial charge in [0.25, 0.3) is 0 Å². The molecule has 1 aliphatic rings. The summed E-state index contributed by atoms with van der Waals surface area (Å²) in [5.41, 5.74) is 2.33. The van der Waals surface area contributed by atoms with Gasteiger partial charge in [0.1, 0.15) is 12.4 Å². The van der Waals surface area contributed by atoms with Crippen molar-refractivity contribution in [2.45, 2.75) is 46.1 Å². The highest BCUT2D eigenvalue weighted by atomic mass is 16.5. The molecule has 1 fully saturated rings. The van der Waals surface area contributed by atoms with Crippen LogP contribution in [-0.2, 0) is 4.79 Å². The highest BCUT2D eigenvalue weighted by molar-refractivity contribution is 5.80. The zero-order valence-corrected chi connectivity index (χ0v) is 13.3. The lowest BCUT2D eigenvalue weighted by Crippen LogP contribution is -2.58. The minimum Gasteiger partial charge on any atom is -0.490 e. The largest absolute Gasteiger partial charge is 0.490 e. The predicted molar refractivity (Wildman–Crippen MR) is 82.9 cm³/mol. The quantitative estimate of drug-likeness (QED) is 0.811. The number of likely N-dealkylation sites (N-methyl/N-ethyl adjacent to an activating group) is 1. The third-order valence-corrected chi connectivity index (χ3v) is 4.47. The van der Waals surface area contributed by atoms with Crippen molar-refractivity contribution in [1.82, 2.24) is 5.32 Å². The number of aliphatic carboxylic acids is 1. The average Bonchev–Trinajstić information content (AvgIpc) is 3.26. The summed E-state index contributed by atoms with van der Waals surface area (Å²) < 4.78 is 5.99. The van der Waals surface area contributed by atoms with Crippen LogP contribution in [0.2, 0.25) is 0 Å². The standard InChI is InChI=1S/C17H25NO3/c1-5-18-17(16(19)20,14-8-9-14)10-21-15-12(3)7-6-11(2)13(15)4/h6-7,14,18H,5,8-10H2,1-4H3,(H,19,20). The Morgan fingerprint density at radius 2 is 1.95 bits per heavy atom. The molecule has 0 bridgehead atoms. The molecule has 1 aromatic rings. The molecule has 2 rings (SSSR count). The number of carbonyl (C=O) groups is 1. The van der Waals surface area contributed by atoms with E-state index in [1.807, 2.05) is 33.8 Å². The van der Waals surface area contributed by atoms with Gasteiger partial charge in [0, 0.05) is 0 Å². The van der Waals surface area contributed by atoms with E-state index in [0.29, 0.717) is 6.54 Å². The molecule has 0 aliphatic heterocycles. The first kappa shape index (κ1) is 15.8. The molecule has 4 nitrogen and oxygen atoms in total. The van der Waals surface area contributed by atoms with E-state index in [1.165, 1.54) is 0 Å². The lowest BCUT2D eigenvalue weighted by molar-refractivity contribution is -0.147. The maximum absolute atomic E-state index is 11.8. The summed E-state index contributed by atoms with van der Waals surface area (Å²) in [6.07, 6.45) is 1.91. The minimum absolute atomic E-state index is 0.167. The van der Waals surface area contributed by atoms with Crippen LogP contribution in [0.25, 0.3) is 0 Å². The van der Waals surface area contributed by atoms with Crippen molar-refractivity contribution in [3.8, 4) is 5.75 Å². The maximum atomic E-state index is 11.8. The summed E-state index contributed by atoms with van der Waals surface area (Å²) in [5, 5.41) is 12.9. The first-order valence-corrected chi connectivity index (χ1v) is 7.60. The van der Waals surface area contributed by atoms with Gasteiger partial charge < -0.3 is 9.84 Å². The van der Waals surface area contributed by atoms with E-state index in [1.54, 1.807) is 0 Å². The number of hydrogen-bond acceptors (Lipinski definition) is 3. The predicted octanol–water partition coefficient (Wildman–Crippen LogP) is 2.83. The van der Waals surface area contributed by atoms with Crippen LogP contribution in [0, 0.1) is 26.7 Å². The third kappa shape index (κ3) is 3.05.